The van der Waals surface area contributed by atoms with Crippen molar-refractivity contribution in [1.29, 1.82) is 0 Å². The van der Waals surface area contributed by atoms with Gasteiger partial charge in [0.05, 0.1) is 0 Å². The van der Waals surface area contributed by atoms with E-state index in [1.807, 2.05) is 18.2 Å². The highest BCUT2D eigenvalue weighted by molar-refractivity contribution is 5.58. The van der Waals surface area contributed by atoms with Gasteiger partial charge in [-0.2, -0.15) is 0 Å². The lowest BCUT2D eigenvalue weighted by Crippen LogP contribution is -2.16. The lowest BCUT2D eigenvalue weighted by molar-refractivity contribution is 0.523. The molecule has 5 rings (SSSR count). The SMILES string of the molecule is C=C/C=C\C=C1/CN(C(/C=C\C)=C/C=C/C(C)=C/C=C(\C=C)N2C3=CC=CCC=C3C3CC=CCC=C32)C2=CCC=CC=C21. The molecule has 5 aliphatic rings. The smallest absolute Gasteiger partial charge is 0.0494 e. The fraction of sp³-hybridized carbons (Fsp3) is 0.190. The molecule has 3 aliphatic carbocycles. The number of hydrogen-bond acceptors (Lipinski definition) is 2. The van der Waals surface area contributed by atoms with Crippen LogP contribution in [0.15, 0.2) is 204 Å². The van der Waals surface area contributed by atoms with Gasteiger partial charge in [-0.3, -0.25) is 0 Å². The van der Waals surface area contributed by atoms with Gasteiger partial charge in [0, 0.05) is 46.5 Å². The highest BCUT2D eigenvalue weighted by Gasteiger charge is 2.37. The summed E-state index contributed by atoms with van der Waals surface area (Å²) < 4.78 is 0. The average Bonchev–Trinajstić information content (AvgIpc) is 3.26. The highest BCUT2D eigenvalue weighted by Crippen LogP contribution is 2.47. The Morgan fingerprint density at radius 2 is 1.64 bits per heavy atom. The lowest BCUT2D eigenvalue weighted by Gasteiger charge is -2.23. The van der Waals surface area contributed by atoms with Gasteiger partial charge in [-0.15, -0.1) is 0 Å². The molecule has 2 aliphatic heterocycles. The first-order chi connectivity index (χ1) is 21.7. The molecule has 2 fully saturated rings. The Hall–Kier alpha value is -4.82. The highest BCUT2D eigenvalue weighted by atomic mass is 15.2. The first kappa shape index (κ1) is 30.6. The third-order valence-electron chi connectivity index (χ3n) is 8.28. The van der Waals surface area contributed by atoms with Gasteiger partial charge in [0.1, 0.15) is 0 Å². The van der Waals surface area contributed by atoms with E-state index in [1.165, 1.54) is 45.1 Å². The van der Waals surface area contributed by atoms with Crippen molar-refractivity contribution in [3.05, 3.63) is 204 Å². The summed E-state index contributed by atoms with van der Waals surface area (Å²) in [6.45, 7) is 13.1. The minimum absolute atomic E-state index is 0.400. The van der Waals surface area contributed by atoms with E-state index >= 15 is 0 Å². The van der Waals surface area contributed by atoms with Crippen LogP contribution >= 0.6 is 0 Å². The van der Waals surface area contributed by atoms with Gasteiger partial charge in [0.25, 0.3) is 0 Å². The van der Waals surface area contributed by atoms with Crippen LogP contribution in [-0.2, 0) is 0 Å². The Bertz CT molecular complexity index is 1620. The number of likely N-dealkylation sites (tertiary alicyclic amines) is 2. The summed E-state index contributed by atoms with van der Waals surface area (Å²) in [6, 6.07) is 0. The average molecular weight is 577 g/mol. The van der Waals surface area contributed by atoms with E-state index in [4.69, 9.17) is 0 Å². The fourth-order valence-electron chi connectivity index (χ4n) is 6.22. The second kappa shape index (κ2) is 15.1. The van der Waals surface area contributed by atoms with Crippen LogP contribution in [0, 0.1) is 5.92 Å². The fourth-order valence-corrected chi connectivity index (χ4v) is 6.22. The van der Waals surface area contributed by atoms with Crippen molar-refractivity contribution in [3.8, 4) is 0 Å². The van der Waals surface area contributed by atoms with Gasteiger partial charge < -0.3 is 9.80 Å². The lowest BCUT2D eigenvalue weighted by atomic mass is 9.94. The molecular formula is C42H44N2. The standard InChI is InChI=1S/C42H44N2/c1-5-8-12-22-34-32-43(40-27-16-9-13-24-37(34)40)36(20-6-2)23-19-21-33(4)30-31-35(7-3)44-41-28-17-10-14-25-38(41)39-26-15-11-18-29-42(39)44/h5-14,18-24,26-31,38H,1,3,15-17,25,32H2,2,4H3/b12-8-,20-6-,21-19+,33-30+,34-22+,35-31+,36-23+. The molecule has 0 radical (unpaired) electrons. The first-order valence-electron chi connectivity index (χ1n) is 15.7. The molecule has 2 saturated heterocycles. The van der Waals surface area contributed by atoms with E-state index in [0.29, 0.717) is 5.92 Å². The second-order valence-corrected chi connectivity index (χ2v) is 11.2. The maximum atomic E-state index is 4.21. The van der Waals surface area contributed by atoms with Crippen LogP contribution in [0.1, 0.15) is 39.5 Å². The van der Waals surface area contributed by atoms with Crippen LogP contribution in [0.3, 0.4) is 0 Å². The molecule has 0 aromatic carbocycles. The van der Waals surface area contributed by atoms with E-state index in [-0.39, 0.29) is 0 Å². The minimum Gasteiger partial charge on any atom is -0.337 e. The first-order valence-corrected chi connectivity index (χ1v) is 15.7. The molecular weight excluding hydrogens is 532 g/mol. The summed E-state index contributed by atoms with van der Waals surface area (Å²) in [5.74, 6) is 0.400. The summed E-state index contributed by atoms with van der Waals surface area (Å²) in [7, 11) is 0. The monoisotopic (exact) mass is 576 g/mol. The summed E-state index contributed by atoms with van der Waals surface area (Å²) >= 11 is 0. The van der Waals surface area contributed by atoms with Gasteiger partial charge in [-0.05, 0) is 81.1 Å². The number of hydrogen-bond donors (Lipinski definition) is 0. The van der Waals surface area contributed by atoms with E-state index in [2.05, 4.69) is 158 Å². The van der Waals surface area contributed by atoms with Crippen molar-refractivity contribution < 1.29 is 0 Å². The molecule has 2 nitrogen and oxygen atoms in total. The zero-order chi connectivity index (χ0) is 30.7. The van der Waals surface area contributed by atoms with Crippen molar-refractivity contribution in [2.24, 2.45) is 5.92 Å². The molecule has 1 atom stereocenters. The van der Waals surface area contributed by atoms with Crippen molar-refractivity contribution in [1.82, 2.24) is 9.80 Å². The molecule has 0 N–H and O–H groups in total. The molecule has 0 spiro atoms. The molecule has 2 heterocycles. The number of rotatable bonds is 9. The van der Waals surface area contributed by atoms with E-state index in [9.17, 15) is 0 Å². The largest absolute Gasteiger partial charge is 0.337 e. The topological polar surface area (TPSA) is 6.48 Å². The normalized spacial score (nSPS) is 23.2. The Labute approximate surface area is 264 Å². The van der Waals surface area contributed by atoms with E-state index in [0.717, 1.165) is 37.9 Å². The molecule has 0 aromatic heterocycles. The summed E-state index contributed by atoms with van der Waals surface area (Å²) in [6.07, 6.45) is 54.2. The zero-order valence-electron chi connectivity index (χ0n) is 26.2. The number of nitrogens with zero attached hydrogens (tertiary/aromatic N) is 2. The molecule has 0 aromatic rings. The van der Waals surface area contributed by atoms with Gasteiger partial charge in [-0.25, -0.2) is 0 Å². The zero-order valence-corrected chi connectivity index (χ0v) is 26.2. The van der Waals surface area contributed by atoms with Gasteiger partial charge in [0.15, 0.2) is 0 Å². The van der Waals surface area contributed by atoms with Crippen molar-refractivity contribution in [2.45, 2.75) is 39.5 Å². The van der Waals surface area contributed by atoms with Gasteiger partial charge >= 0.3 is 0 Å². The van der Waals surface area contributed by atoms with Crippen molar-refractivity contribution >= 4 is 0 Å². The van der Waals surface area contributed by atoms with E-state index in [1.54, 1.807) is 0 Å². The van der Waals surface area contributed by atoms with Crippen molar-refractivity contribution in [2.75, 3.05) is 6.54 Å². The van der Waals surface area contributed by atoms with Crippen LogP contribution < -0.4 is 0 Å². The van der Waals surface area contributed by atoms with Crippen LogP contribution in [0.2, 0.25) is 0 Å². The minimum atomic E-state index is 0.400. The van der Waals surface area contributed by atoms with Gasteiger partial charge in [0.2, 0.25) is 0 Å². The second-order valence-electron chi connectivity index (χ2n) is 11.2. The predicted molar refractivity (Wildman–Crippen MR) is 190 cm³/mol. The molecule has 44 heavy (non-hydrogen) atoms. The maximum Gasteiger partial charge on any atom is 0.0494 e. The van der Waals surface area contributed by atoms with Crippen LogP contribution in [0.5, 0.6) is 0 Å². The van der Waals surface area contributed by atoms with E-state index < -0.39 is 0 Å². The Kier molecular flexibility index (Phi) is 10.5. The molecule has 2 heteroatoms. The third-order valence-corrected chi connectivity index (χ3v) is 8.28. The van der Waals surface area contributed by atoms with Crippen LogP contribution in [-0.4, -0.2) is 16.3 Å². The summed E-state index contributed by atoms with van der Waals surface area (Å²) in [5.41, 5.74) is 11.4. The predicted octanol–water partition coefficient (Wildman–Crippen LogP) is 10.7. The Morgan fingerprint density at radius 1 is 0.818 bits per heavy atom. The molecule has 0 bridgehead atoms. The number of fused-ring (bicyclic) bond motifs is 4. The third kappa shape index (κ3) is 6.87. The summed E-state index contributed by atoms with van der Waals surface area (Å²) in [5, 5.41) is 0. The Balaban J connectivity index is 1.40. The van der Waals surface area contributed by atoms with Crippen molar-refractivity contribution in [3.63, 3.8) is 0 Å². The van der Waals surface area contributed by atoms with Gasteiger partial charge in [-0.1, -0.05) is 128 Å². The quantitative estimate of drug-likeness (QED) is 0.199. The number of allylic oxidation sites excluding steroid dienone is 27. The molecule has 0 saturated carbocycles. The molecule has 0 amide bonds. The maximum absolute atomic E-state index is 4.21. The summed E-state index contributed by atoms with van der Waals surface area (Å²) in [4.78, 5) is 4.82. The van der Waals surface area contributed by atoms with Crippen LogP contribution in [0.25, 0.3) is 0 Å². The molecule has 1 unspecified atom stereocenters. The van der Waals surface area contributed by atoms with Crippen LogP contribution in [0.4, 0.5) is 0 Å². The molecule has 222 valence electrons. The Morgan fingerprint density at radius 3 is 2.45 bits per heavy atom.